The lowest BCUT2D eigenvalue weighted by molar-refractivity contribution is -0.134. The average Bonchev–Trinajstić information content (AvgIpc) is 3.44. The van der Waals surface area contributed by atoms with Crippen molar-refractivity contribution in [1.82, 2.24) is 19.6 Å². The van der Waals surface area contributed by atoms with E-state index in [1.54, 1.807) is 11.0 Å². The highest BCUT2D eigenvalue weighted by Gasteiger charge is 2.33. The molecular formula is C31H36FN5O4S2. The Bertz CT molecular complexity index is 1580. The number of pyridine rings is 1. The number of piperidine rings is 1. The second kappa shape index (κ2) is 14.3. The van der Waals surface area contributed by atoms with Crippen LogP contribution in [0.5, 0.6) is 0 Å². The van der Waals surface area contributed by atoms with Crippen LogP contribution in [0.3, 0.4) is 0 Å². The number of carbonyl (C=O) groups is 1. The van der Waals surface area contributed by atoms with Crippen molar-refractivity contribution < 1.29 is 22.7 Å². The Hall–Kier alpha value is -3.45. The van der Waals surface area contributed by atoms with Crippen LogP contribution in [0.2, 0.25) is 0 Å². The molecule has 2 aromatic heterocycles. The summed E-state index contributed by atoms with van der Waals surface area (Å²) in [7, 11) is -4.25. The smallest absolute Gasteiger partial charge is 0.244 e. The number of halogens is 1. The van der Waals surface area contributed by atoms with Crippen LogP contribution >= 0.6 is 11.3 Å². The van der Waals surface area contributed by atoms with Gasteiger partial charge in [-0.05, 0) is 55.4 Å². The van der Waals surface area contributed by atoms with Gasteiger partial charge in [-0.25, -0.2) is 13.4 Å². The summed E-state index contributed by atoms with van der Waals surface area (Å²) in [5.74, 6) is -0.120. The van der Waals surface area contributed by atoms with E-state index >= 15 is 0 Å². The molecule has 228 valence electrons. The summed E-state index contributed by atoms with van der Waals surface area (Å²) < 4.78 is 44.3. The number of anilines is 1. The van der Waals surface area contributed by atoms with E-state index < -0.39 is 22.1 Å². The average molecular weight is 626 g/mol. The molecule has 0 radical (unpaired) electrons. The molecule has 1 saturated heterocycles. The Labute approximate surface area is 255 Å². The monoisotopic (exact) mass is 625 g/mol. The van der Waals surface area contributed by atoms with Crippen molar-refractivity contribution in [3.63, 3.8) is 0 Å². The zero-order chi connectivity index (χ0) is 30.2. The molecule has 0 aliphatic carbocycles. The van der Waals surface area contributed by atoms with Crippen molar-refractivity contribution in [2.45, 2.75) is 49.1 Å². The van der Waals surface area contributed by atoms with Gasteiger partial charge in [0.25, 0.3) is 0 Å². The molecule has 2 aromatic carbocycles. The normalized spacial score (nSPS) is 15.8. The highest BCUT2D eigenvalue weighted by Crippen LogP contribution is 2.27. The van der Waals surface area contributed by atoms with Crippen molar-refractivity contribution in [3.05, 3.63) is 83.6 Å². The number of para-hydroxylation sites is 1. The molecule has 9 nitrogen and oxygen atoms in total. The molecule has 43 heavy (non-hydrogen) atoms. The molecule has 4 aromatic rings. The number of rotatable bonds is 13. The van der Waals surface area contributed by atoms with Gasteiger partial charge in [0.15, 0.2) is 0 Å². The summed E-state index contributed by atoms with van der Waals surface area (Å²) in [6.07, 6.45) is 5.10. The molecule has 0 bridgehead atoms. The van der Waals surface area contributed by atoms with Gasteiger partial charge in [0.1, 0.15) is 10.9 Å². The summed E-state index contributed by atoms with van der Waals surface area (Å²) in [6, 6.07) is 17.2. The molecule has 3 heterocycles. The maximum absolute atomic E-state index is 13.9. The third-order valence-electron chi connectivity index (χ3n) is 7.73. The Morgan fingerprint density at radius 3 is 2.53 bits per heavy atom. The summed E-state index contributed by atoms with van der Waals surface area (Å²) in [6.45, 7) is 0.279. The van der Waals surface area contributed by atoms with E-state index in [9.17, 15) is 22.7 Å². The lowest BCUT2D eigenvalue weighted by Gasteiger charge is -2.34. The Balaban J connectivity index is 1.39. The first kappa shape index (κ1) is 31.0. The molecule has 5 rings (SSSR count). The standard InChI is InChI=1S/C31H36FN5O4S2/c32-14-10-22-12-16-37(17-13-22)31(39)27(19-30-35-25-8-4-5-9-28(25)42-30)36-43(40,41)29-20-33-15-11-26(29)34-24(21-38)18-23-6-2-1-3-7-23/h1-9,11,15,20,22,24,27,36,38H,10,12-14,16-19,21H2,(H,33,34)/t24-,27-/m0/s1. The van der Waals surface area contributed by atoms with Gasteiger partial charge in [0.05, 0.1) is 40.2 Å². The second-order valence-electron chi connectivity index (χ2n) is 10.8. The molecule has 3 N–H and O–H groups in total. The van der Waals surface area contributed by atoms with Crippen molar-refractivity contribution >= 4 is 43.2 Å². The zero-order valence-corrected chi connectivity index (χ0v) is 25.4. The van der Waals surface area contributed by atoms with Crippen LogP contribution in [-0.4, -0.2) is 72.8 Å². The number of thiazole rings is 1. The number of fused-ring (bicyclic) bond motifs is 1. The molecule has 1 amide bonds. The van der Waals surface area contributed by atoms with Crippen LogP contribution in [0.25, 0.3) is 10.2 Å². The maximum Gasteiger partial charge on any atom is 0.244 e. The number of aromatic nitrogens is 2. The van der Waals surface area contributed by atoms with E-state index in [0.29, 0.717) is 43.8 Å². The van der Waals surface area contributed by atoms with E-state index in [1.165, 1.54) is 23.7 Å². The third kappa shape index (κ3) is 7.94. The Morgan fingerprint density at radius 1 is 1.07 bits per heavy atom. The van der Waals surface area contributed by atoms with E-state index in [1.807, 2.05) is 54.6 Å². The van der Waals surface area contributed by atoms with E-state index in [0.717, 1.165) is 15.8 Å². The SMILES string of the molecule is O=C([C@H](Cc1nc2ccccc2s1)NS(=O)(=O)c1cnccc1N[C@H](CO)Cc1ccccc1)N1CCC(CCF)CC1. The maximum atomic E-state index is 13.9. The number of alkyl halides is 1. The number of carbonyl (C=O) groups excluding carboxylic acids is 1. The van der Waals surface area contributed by atoms with Crippen LogP contribution in [0.15, 0.2) is 78.0 Å². The molecule has 0 spiro atoms. The quantitative estimate of drug-likeness (QED) is 0.204. The van der Waals surface area contributed by atoms with Crippen molar-refractivity contribution in [3.8, 4) is 0 Å². The minimum absolute atomic E-state index is 0.0815. The fourth-order valence-electron chi connectivity index (χ4n) is 5.42. The fourth-order valence-corrected chi connectivity index (χ4v) is 7.74. The molecule has 2 atom stereocenters. The van der Waals surface area contributed by atoms with Crippen molar-refractivity contribution in [2.24, 2.45) is 5.92 Å². The number of nitrogens with zero attached hydrogens (tertiary/aromatic N) is 3. The van der Waals surface area contributed by atoms with Crippen molar-refractivity contribution in [2.75, 3.05) is 31.7 Å². The predicted molar refractivity (Wildman–Crippen MR) is 166 cm³/mol. The predicted octanol–water partition coefficient (Wildman–Crippen LogP) is 4.19. The lowest BCUT2D eigenvalue weighted by Crippen LogP contribution is -2.51. The van der Waals surface area contributed by atoms with E-state index in [4.69, 9.17) is 0 Å². The number of likely N-dealkylation sites (tertiary alicyclic amines) is 1. The van der Waals surface area contributed by atoms with Gasteiger partial charge in [-0.1, -0.05) is 42.5 Å². The van der Waals surface area contributed by atoms with Gasteiger partial charge < -0.3 is 15.3 Å². The second-order valence-corrected chi connectivity index (χ2v) is 13.6. The van der Waals surface area contributed by atoms with Gasteiger partial charge >= 0.3 is 0 Å². The van der Waals surface area contributed by atoms with Crippen LogP contribution in [0.4, 0.5) is 10.1 Å². The zero-order valence-electron chi connectivity index (χ0n) is 23.7. The summed E-state index contributed by atoms with van der Waals surface area (Å²) in [4.78, 5) is 24.1. The molecule has 1 aliphatic rings. The molecular weight excluding hydrogens is 590 g/mol. The number of nitrogens with one attached hydrogen (secondary N) is 2. The number of sulfonamides is 1. The molecule has 1 fully saturated rings. The highest BCUT2D eigenvalue weighted by atomic mass is 32.2. The minimum atomic E-state index is -4.25. The molecule has 12 heteroatoms. The third-order valence-corrected chi connectivity index (χ3v) is 10.3. The number of hydrogen-bond donors (Lipinski definition) is 3. The molecule has 0 saturated carbocycles. The first-order valence-corrected chi connectivity index (χ1v) is 16.7. The Morgan fingerprint density at radius 2 is 1.81 bits per heavy atom. The van der Waals surface area contributed by atoms with E-state index in [-0.39, 0.29) is 42.1 Å². The number of hydrogen-bond acceptors (Lipinski definition) is 8. The topological polar surface area (TPSA) is 125 Å². The largest absolute Gasteiger partial charge is 0.394 e. The summed E-state index contributed by atoms with van der Waals surface area (Å²) in [5, 5.41) is 13.9. The first-order valence-electron chi connectivity index (χ1n) is 14.4. The van der Waals surface area contributed by atoms with E-state index in [2.05, 4.69) is 20.0 Å². The highest BCUT2D eigenvalue weighted by molar-refractivity contribution is 7.89. The number of benzene rings is 2. The summed E-state index contributed by atoms with van der Waals surface area (Å²) >= 11 is 1.42. The Kier molecular flexibility index (Phi) is 10.3. The van der Waals surface area contributed by atoms with Crippen molar-refractivity contribution in [1.29, 1.82) is 0 Å². The van der Waals surface area contributed by atoms with Gasteiger partial charge in [0, 0.05) is 31.9 Å². The number of aliphatic hydroxyl groups excluding tert-OH is 1. The van der Waals surface area contributed by atoms with Gasteiger partial charge in [-0.2, -0.15) is 4.72 Å². The van der Waals surface area contributed by atoms with Gasteiger partial charge in [-0.15, -0.1) is 11.3 Å². The number of amides is 1. The van der Waals surface area contributed by atoms with Crippen LogP contribution in [-0.2, 0) is 27.7 Å². The lowest BCUT2D eigenvalue weighted by atomic mass is 9.93. The van der Waals surface area contributed by atoms with Crippen LogP contribution < -0.4 is 10.0 Å². The van der Waals surface area contributed by atoms with Crippen LogP contribution in [0.1, 0.15) is 29.8 Å². The summed E-state index contributed by atoms with van der Waals surface area (Å²) in [5.41, 5.74) is 2.05. The van der Waals surface area contributed by atoms with Gasteiger partial charge in [-0.3, -0.25) is 14.2 Å². The molecule has 0 unspecified atom stereocenters. The fraction of sp³-hybridized carbons (Fsp3) is 0.387. The first-order chi connectivity index (χ1) is 20.9. The minimum Gasteiger partial charge on any atom is -0.394 e. The van der Waals surface area contributed by atoms with Crippen LogP contribution in [0, 0.1) is 5.92 Å². The number of aliphatic hydroxyl groups is 1. The van der Waals surface area contributed by atoms with Gasteiger partial charge in [0.2, 0.25) is 15.9 Å². The molecule has 1 aliphatic heterocycles.